The van der Waals surface area contributed by atoms with Gasteiger partial charge in [0.1, 0.15) is 0 Å². The van der Waals surface area contributed by atoms with E-state index in [1.54, 1.807) is 0 Å². The van der Waals surface area contributed by atoms with E-state index in [1.165, 1.54) is 29.7 Å². The van der Waals surface area contributed by atoms with Crippen LogP contribution in [0.15, 0.2) is 18.2 Å². The first kappa shape index (κ1) is 13.9. The molecule has 1 N–H and O–H groups in total. The molecule has 0 aromatic heterocycles. The minimum atomic E-state index is 0.0925. The van der Waals surface area contributed by atoms with Gasteiger partial charge < -0.3 is 10.0 Å². The largest absolute Gasteiger partial charge is 0.396 e. The molecule has 3 rings (SSSR count). The first-order valence-electron chi connectivity index (χ1n) is 7.76. The topological polar surface area (TPSA) is 26.7 Å². The second-order valence-corrected chi connectivity index (χ2v) is 6.92. The van der Waals surface area contributed by atoms with Gasteiger partial charge in [0.25, 0.3) is 0 Å². The maximum Gasteiger partial charge on any atom is 0.0497 e. The molecule has 1 unspecified atom stereocenters. The van der Waals surface area contributed by atoms with Gasteiger partial charge in [-0.3, -0.25) is 4.90 Å². The van der Waals surface area contributed by atoms with E-state index in [4.69, 9.17) is 0 Å². The Morgan fingerprint density at radius 3 is 2.95 bits per heavy atom. The van der Waals surface area contributed by atoms with E-state index < -0.39 is 0 Å². The summed E-state index contributed by atoms with van der Waals surface area (Å²) < 4.78 is 0. The van der Waals surface area contributed by atoms with Crippen molar-refractivity contribution in [3.8, 4) is 0 Å². The van der Waals surface area contributed by atoms with Gasteiger partial charge in [-0.2, -0.15) is 0 Å². The standard InChI is InChI=1S/C17H26N2O/c1-17(13-20)7-3-8-19(12-17)11-14-4-5-16-15(10-14)6-9-18(16)2/h4-5,10,20H,3,6-9,11-13H2,1-2H3. The molecule has 1 aromatic rings. The van der Waals surface area contributed by atoms with Crippen LogP contribution in [0.4, 0.5) is 5.69 Å². The third-order valence-corrected chi connectivity index (χ3v) is 4.92. The summed E-state index contributed by atoms with van der Waals surface area (Å²) in [4.78, 5) is 4.84. The average molecular weight is 274 g/mol. The van der Waals surface area contributed by atoms with Gasteiger partial charge in [0.2, 0.25) is 0 Å². The highest BCUT2D eigenvalue weighted by Gasteiger charge is 2.30. The lowest BCUT2D eigenvalue weighted by Gasteiger charge is -2.39. The fraction of sp³-hybridized carbons (Fsp3) is 0.647. The summed E-state index contributed by atoms with van der Waals surface area (Å²) in [5.74, 6) is 0. The third-order valence-electron chi connectivity index (χ3n) is 4.92. The molecule has 2 heterocycles. The summed E-state index contributed by atoms with van der Waals surface area (Å²) in [7, 11) is 2.17. The van der Waals surface area contributed by atoms with Crippen molar-refractivity contribution in [3.05, 3.63) is 29.3 Å². The Morgan fingerprint density at radius 1 is 1.30 bits per heavy atom. The number of likely N-dealkylation sites (N-methyl/N-ethyl adjacent to an activating group) is 1. The second-order valence-electron chi connectivity index (χ2n) is 6.92. The van der Waals surface area contributed by atoms with Crippen LogP contribution in [0.3, 0.4) is 0 Å². The van der Waals surface area contributed by atoms with E-state index in [0.717, 1.165) is 32.6 Å². The van der Waals surface area contributed by atoms with Crippen LogP contribution in [-0.4, -0.2) is 43.3 Å². The highest BCUT2D eigenvalue weighted by Crippen LogP contribution is 2.31. The van der Waals surface area contributed by atoms with Crippen LogP contribution in [0.1, 0.15) is 30.9 Å². The summed E-state index contributed by atoms with van der Waals surface area (Å²) >= 11 is 0. The zero-order valence-electron chi connectivity index (χ0n) is 12.7. The van der Waals surface area contributed by atoms with E-state index in [-0.39, 0.29) is 5.41 Å². The van der Waals surface area contributed by atoms with E-state index in [2.05, 4.69) is 42.0 Å². The van der Waals surface area contributed by atoms with Crippen LogP contribution in [0.25, 0.3) is 0 Å². The third kappa shape index (κ3) is 2.70. The molecule has 0 radical (unpaired) electrons. The van der Waals surface area contributed by atoms with Gasteiger partial charge in [0.05, 0.1) is 0 Å². The lowest BCUT2D eigenvalue weighted by molar-refractivity contribution is 0.0429. The van der Waals surface area contributed by atoms with Crippen molar-refractivity contribution in [1.29, 1.82) is 0 Å². The highest BCUT2D eigenvalue weighted by atomic mass is 16.3. The van der Waals surface area contributed by atoms with Crippen LogP contribution in [-0.2, 0) is 13.0 Å². The fourth-order valence-corrected chi connectivity index (χ4v) is 3.67. The highest BCUT2D eigenvalue weighted by molar-refractivity contribution is 5.58. The molecule has 2 aliphatic heterocycles. The summed E-state index contributed by atoms with van der Waals surface area (Å²) in [6.07, 6.45) is 3.52. The van der Waals surface area contributed by atoms with Crippen LogP contribution < -0.4 is 4.90 Å². The number of aliphatic hydroxyl groups excluding tert-OH is 1. The minimum Gasteiger partial charge on any atom is -0.396 e. The Hall–Kier alpha value is -1.06. The molecule has 1 atom stereocenters. The Balaban J connectivity index is 1.69. The van der Waals surface area contributed by atoms with Crippen molar-refractivity contribution in [1.82, 2.24) is 4.90 Å². The SMILES string of the molecule is CN1CCc2cc(CN3CCCC(C)(CO)C3)ccc21. The van der Waals surface area contributed by atoms with Gasteiger partial charge in [-0.25, -0.2) is 0 Å². The van der Waals surface area contributed by atoms with Crippen LogP contribution in [0, 0.1) is 5.41 Å². The van der Waals surface area contributed by atoms with Gasteiger partial charge in [-0.15, -0.1) is 0 Å². The molecule has 3 nitrogen and oxygen atoms in total. The Bertz CT molecular complexity index is 488. The molecule has 3 heteroatoms. The molecule has 2 aliphatic rings. The van der Waals surface area contributed by atoms with Crippen LogP contribution in [0.2, 0.25) is 0 Å². The van der Waals surface area contributed by atoms with Crippen molar-refractivity contribution in [3.63, 3.8) is 0 Å². The van der Waals surface area contributed by atoms with Gasteiger partial charge in [-0.1, -0.05) is 19.1 Å². The fourth-order valence-electron chi connectivity index (χ4n) is 3.67. The molecule has 1 aromatic carbocycles. The normalized spacial score (nSPS) is 26.9. The zero-order valence-corrected chi connectivity index (χ0v) is 12.7. The molecule has 1 saturated heterocycles. The van der Waals surface area contributed by atoms with Crippen molar-refractivity contribution < 1.29 is 5.11 Å². The molecule has 0 spiro atoms. The van der Waals surface area contributed by atoms with Crippen molar-refractivity contribution in [2.24, 2.45) is 5.41 Å². The smallest absolute Gasteiger partial charge is 0.0497 e. The molecular formula is C17H26N2O. The number of hydrogen-bond acceptors (Lipinski definition) is 3. The number of aliphatic hydroxyl groups is 1. The number of hydrogen-bond donors (Lipinski definition) is 1. The molecule has 20 heavy (non-hydrogen) atoms. The number of benzene rings is 1. The molecule has 0 amide bonds. The Labute approximate surface area is 122 Å². The summed E-state index contributed by atoms with van der Waals surface area (Å²) in [5.41, 5.74) is 4.40. The molecule has 0 bridgehead atoms. The monoisotopic (exact) mass is 274 g/mol. The van der Waals surface area contributed by atoms with E-state index in [0.29, 0.717) is 6.61 Å². The molecule has 110 valence electrons. The Kier molecular flexibility index (Phi) is 3.74. The van der Waals surface area contributed by atoms with Crippen molar-refractivity contribution >= 4 is 5.69 Å². The van der Waals surface area contributed by atoms with Crippen molar-refractivity contribution in [2.75, 3.05) is 38.2 Å². The molecule has 0 aliphatic carbocycles. The molecule has 1 fully saturated rings. The number of anilines is 1. The predicted octanol–water partition coefficient (Wildman–Crippen LogP) is 2.27. The van der Waals surface area contributed by atoms with Crippen LogP contribution >= 0.6 is 0 Å². The number of nitrogens with zero attached hydrogens (tertiary/aromatic N) is 2. The number of likely N-dealkylation sites (tertiary alicyclic amines) is 1. The summed E-state index contributed by atoms with van der Waals surface area (Å²) in [5, 5.41) is 9.56. The van der Waals surface area contributed by atoms with Crippen LogP contribution in [0.5, 0.6) is 0 Å². The van der Waals surface area contributed by atoms with Gasteiger partial charge >= 0.3 is 0 Å². The second kappa shape index (κ2) is 5.38. The average Bonchev–Trinajstić information content (AvgIpc) is 2.80. The van der Waals surface area contributed by atoms with E-state index in [1.807, 2.05) is 0 Å². The molecule has 0 saturated carbocycles. The summed E-state index contributed by atoms with van der Waals surface area (Å²) in [6, 6.07) is 6.92. The first-order chi connectivity index (χ1) is 9.59. The quantitative estimate of drug-likeness (QED) is 0.916. The maximum absolute atomic E-state index is 9.56. The predicted molar refractivity (Wildman–Crippen MR) is 83.1 cm³/mol. The summed E-state index contributed by atoms with van der Waals surface area (Å²) in [6.45, 7) is 6.85. The van der Waals surface area contributed by atoms with E-state index >= 15 is 0 Å². The van der Waals surface area contributed by atoms with Gasteiger partial charge in [-0.05, 0) is 43.0 Å². The lowest BCUT2D eigenvalue weighted by atomic mass is 9.82. The minimum absolute atomic E-state index is 0.0925. The van der Waals surface area contributed by atoms with Crippen molar-refractivity contribution in [2.45, 2.75) is 32.7 Å². The number of fused-ring (bicyclic) bond motifs is 1. The first-order valence-corrected chi connectivity index (χ1v) is 7.76. The Morgan fingerprint density at radius 2 is 2.15 bits per heavy atom. The molecular weight excluding hydrogens is 248 g/mol. The zero-order chi connectivity index (χ0) is 14.2. The van der Waals surface area contributed by atoms with Gasteiger partial charge in [0.15, 0.2) is 0 Å². The van der Waals surface area contributed by atoms with E-state index in [9.17, 15) is 5.11 Å². The number of rotatable bonds is 3. The number of piperidine rings is 1. The lowest BCUT2D eigenvalue weighted by Crippen LogP contribution is -2.43. The van der Waals surface area contributed by atoms with Gasteiger partial charge in [0, 0.05) is 44.4 Å². The maximum atomic E-state index is 9.56.